The number of allylic oxidation sites excluding steroid dienone is 1. The second-order valence-electron chi connectivity index (χ2n) is 8.82. The third-order valence-corrected chi connectivity index (χ3v) is 7.41. The van der Waals surface area contributed by atoms with Gasteiger partial charge in [-0.3, -0.25) is 9.79 Å². The number of aryl methyl sites for hydroxylation is 2. The number of aliphatic imine (C=N–C) groups is 1. The van der Waals surface area contributed by atoms with Crippen molar-refractivity contribution < 1.29 is 19.1 Å². The van der Waals surface area contributed by atoms with Gasteiger partial charge in [-0.25, -0.2) is 9.78 Å². The lowest BCUT2D eigenvalue weighted by molar-refractivity contribution is -0.144. The van der Waals surface area contributed by atoms with E-state index in [2.05, 4.69) is 15.4 Å². The van der Waals surface area contributed by atoms with Crippen molar-refractivity contribution in [3.63, 3.8) is 0 Å². The highest BCUT2D eigenvalue weighted by atomic mass is 35.5. The van der Waals surface area contributed by atoms with Crippen LogP contribution in [0.4, 0.5) is 0 Å². The number of thiazole rings is 1. The van der Waals surface area contributed by atoms with Crippen LogP contribution in [-0.4, -0.2) is 36.4 Å². The Balaban J connectivity index is 1.58. The van der Waals surface area contributed by atoms with E-state index in [1.54, 1.807) is 43.4 Å². The molecular formula is C27H33ClN2O4S. The maximum absolute atomic E-state index is 13.2. The highest BCUT2D eigenvalue weighted by molar-refractivity contribution is 7.09. The molecule has 2 atom stereocenters. The van der Waals surface area contributed by atoms with Crippen molar-refractivity contribution in [2.75, 3.05) is 13.7 Å². The molecule has 0 saturated carbocycles. The van der Waals surface area contributed by atoms with E-state index in [9.17, 15) is 9.59 Å². The maximum Gasteiger partial charge on any atom is 0.336 e. The zero-order chi connectivity index (χ0) is 25.4. The number of rotatable bonds is 11. The molecule has 2 heterocycles. The van der Waals surface area contributed by atoms with Gasteiger partial charge in [0.25, 0.3) is 0 Å². The van der Waals surface area contributed by atoms with E-state index < -0.39 is 23.8 Å². The molecule has 0 bridgehead atoms. The number of aromatic nitrogens is 1. The standard InChI is InChI=1S/C27H33ClN2O4S/c1-17-16-35-22(29-17)13-8-6-5-7-9-14-34-27(32)24-19(3)30-18(2)23(26(31)33-4)25(24)20-11-10-12-21(28)15-20/h10-12,15-16,23,25H,5-9,13-14H2,1-4H3. The molecule has 0 spiro atoms. The topological polar surface area (TPSA) is 77.8 Å². The monoisotopic (exact) mass is 516 g/mol. The Hall–Kier alpha value is -2.51. The Bertz CT molecular complexity index is 1110. The number of nitrogens with zero attached hydrogens (tertiary/aromatic N) is 2. The van der Waals surface area contributed by atoms with Crippen LogP contribution in [0, 0.1) is 12.8 Å². The van der Waals surface area contributed by atoms with Gasteiger partial charge in [-0.15, -0.1) is 11.3 Å². The minimum atomic E-state index is -0.716. The van der Waals surface area contributed by atoms with Crippen LogP contribution in [0.15, 0.2) is 45.9 Å². The van der Waals surface area contributed by atoms with E-state index >= 15 is 0 Å². The Morgan fingerprint density at radius 2 is 1.83 bits per heavy atom. The summed E-state index contributed by atoms with van der Waals surface area (Å²) in [6.07, 6.45) is 6.13. The molecule has 1 aliphatic heterocycles. The highest BCUT2D eigenvalue weighted by Crippen LogP contribution is 2.40. The molecule has 8 heteroatoms. The van der Waals surface area contributed by atoms with Crippen molar-refractivity contribution >= 4 is 40.6 Å². The fraction of sp³-hybridized carbons (Fsp3) is 0.481. The molecule has 2 aromatic rings. The number of hydrogen-bond donors (Lipinski definition) is 0. The predicted octanol–water partition coefficient (Wildman–Crippen LogP) is 6.46. The number of benzene rings is 1. The van der Waals surface area contributed by atoms with Gasteiger partial charge in [0.05, 0.1) is 24.3 Å². The molecule has 0 amide bonds. The number of esters is 2. The third kappa shape index (κ3) is 7.24. The van der Waals surface area contributed by atoms with Crippen LogP contribution >= 0.6 is 22.9 Å². The largest absolute Gasteiger partial charge is 0.468 e. The van der Waals surface area contributed by atoms with Crippen LogP contribution in [0.2, 0.25) is 5.02 Å². The first-order valence-corrected chi connectivity index (χ1v) is 13.2. The minimum absolute atomic E-state index is 0.329. The maximum atomic E-state index is 13.2. The Morgan fingerprint density at radius 1 is 1.09 bits per heavy atom. The van der Waals surface area contributed by atoms with Gasteiger partial charge >= 0.3 is 11.9 Å². The van der Waals surface area contributed by atoms with Gasteiger partial charge in [0.15, 0.2) is 0 Å². The van der Waals surface area contributed by atoms with E-state index in [1.807, 2.05) is 13.0 Å². The molecule has 1 aliphatic rings. The fourth-order valence-electron chi connectivity index (χ4n) is 4.46. The SMILES string of the molecule is COC(=O)C1C(C)=NC(C)=C(C(=O)OCCCCCCCc2nc(C)cs2)C1c1cccc(Cl)c1. The number of carbonyl (C=O) groups excluding carboxylic acids is 2. The zero-order valence-electron chi connectivity index (χ0n) is 20.8. The van der Waals surface area contributed by atoms with Crippen LogP contribution in [0.1, 0.15) is 68.1 Å². The van der Waals surface area contributed by atoms with Crippen LogP contribution in [0.5, 0.6) is 0 Å². The lowest BCUT2D eigenvalue weighted by atomic mass is 9.75. The first-order chi connectivity index (χ1) is 16.8. The summed E-state index contributed by atoms with van der Waals surface area (Å²) in [6, 6.07) is 7.20. The Labute approximate surface area is 216 Å². The molecule has 0 radical (unpaired) electrons. The van der Waals surface area contributed by atoms with Crippen molar-refractivity contribution in [2.24, 2.45) is 10.9 Å². The van der Waals surface area contributed by atoms with Crippen molar-refractivity contribution in [2.45, 2.75) is 65.2 Å². The van der Waals surface area contributed by atoms with E-state index in [1.165, 1.54) is 12.1 Å². The number of hydrogen-bond acceptors (Lipinski definition) is 7. The summed E-state index contributed by atoms with van der Waals surface area (Å²) in [4.78, 5) is 34.9. The lowest BCUT2D eigenvalue weighted by Gasteiger charge is -2.31. The number of unbranched alkanes of at least 4 members (excludes halogenated alkanes) is 4. The van der Waals surface area contributed by atoms with Gasteiger partial charge in [0.1, 0.15) is 5.92 Å². The molecule has 0 saturated heterocycles. The van der Waals surface area contributed by atoms with Crippen molar-refractivity contribution in [1.82, 2.24) is 4.98 Å². The van der Waals surface area contributed by atoms with Crippen LogP contribution in [0.3, 0.4) is 0 Å². The smallest absolute Gasteiger partial charge is 0.336 e. The summed E-state index contributed by atoms with van der Waals surface area (Å²) in [6.45, 7) is 5.90. The molecule has 188 valence electrons. The molecule has 3 rings (SSSR count). The van der Waals surface area contributed by atoms with Gasteiger partial charge in [-0.05, 0) is 57.7 Å². The van der Waals surface area contributed by atoms with E-state index in [-0.39, 0.29) is 0 Å². The summed E-state index contributed by atoms with van der Waals surface area (Å²) < 4.78 is 10.7. The molecule has 0 aliphatic carbocycles. The summed E-state index contributed by atoms with van der Waals surface area (Å²) in [5.41, 5.74) is 3.38. The molecule has 35 heavy (non-hydrogen) atoms. The number of methoxy groups -OCH3 is 1. The van der Waals surface area contributed by atoms with Crippen molar-refractivity contribution in [1.29, 1.82) is 0 Å². The van der Waals surface area contributed by atoms with Gasteiger partial charge in [0.2, 0.25) is 0 Å². The fourth-order valence-corrected chi connectivity index (χ4v) is 5.48. The molecule has 2 unspecified atom stereocenters. The average molecular weight is 517 g/mol. The third-order valence-electron chi connectivity index (χ3n) is 6.15. The second-order valence-corrected chi connectivity index (χ2v) is 10.2. The Morgan fingerprint density at radius 3 is 2.51 bits per heavy atom. The zero-order valence-corrected chi connectivity index (χ0v) is 22.4. The molecular weight excluding hydrogens is 484 g/mol. The van der Waals surface area contributed by atoms with Gasteiger partial charge in [0, 0.05) is 33.4 Å². The number of carbonyl (C=O) groups is 2. The first kappa shape index (κ1) is 27.1. The first-order valence-electron chi connectivity index (χ1n) is 12.0. The van der Waals surface area contributed by atoms with Gasteiger partial charge in [-0.2, -0.15) is 0 Å². The quantitative estimate of drug-likeness (QED) is 0.253. The van der Waals surface area contributed by atoms with Crippen molar-refractivity contribution in [3.8, 4) is 0 Å². The van der Waals surface area contributed by atoms with E-state index in [0.717, 1.165) is 49.8 Å². The molecule has 0 N–H and O–H groups in total. The molecule has 0 fully saturated rings. The van der Waals surface area contributed by atoms with Crippen LogP contribution in [-0.2, 0) is 25.5 Å². The number of halogens is 1. The van der Waals surface area contributed by atoms with Gasteiger partial charge < -0.3 is 9.47 Å². The highest BCUT2D eigenvalue weighted by Gasteiger charge is 2.42. The second kappa shape index (κ2) is 13.0. The number of ether oxygens (including phenoxy) is 2. The lowest BCUT2D eigenvalue weighted by Crippen LogP contribution is -2.36. The van der Waals surface area contributed by atoms with Crippen molar-refractivity contribution in [3.05, 3.63) is 62.2 Å². The minimum Gasteiger partial charge on any atom is -0.468 e. The van der Waals surface area contributed by atoms with E-state index in [4.69, 9.17) is 21.1 Å². The summed E-state index contributed by atoms with van der Waals surface area (Å²) in [7, 11) is 1.34. The molecule has 1 aromatic heterocycles. The predicted molar refractivity (Wildman–Crippen MR) is 140 cm³/mol. The summed E-state index contributed by atoms with van der Waals surface area (Å²) in [5, 5.41) is 3.82. The van der Waals surface area contributed by atoms with E-state index in [0.29, 0.717) is 28.6 Å². The summed E-state index contributed by atoms with van der Waals surface area (Å²) in [5.74, 6) is -2.18. The van der Waals surface area contributed by atoms with Crippen LogP contribution in [0.25, 0.3) is 0 Å². The van der Waals surface area contributed by atoms with Gasteiger partial charge in [-0.1, -0.05) is 43.0 Å². The normalized spacial score (nSPS) is 17.8. The summed E-state index contributed by atoms with van der Waals surface area (Å²) >= 11 is 7.96. The molecule has 6 nitrogen and oxygen atoms in total. The molecule has 1 aromatic carbocycles. The average Bonchev–Trinajstić information content (AvgIpc) is 3.24. The van der Waals surface area contributed by atoms with Crippen LogP contribution < -0.4 is 0 Å². The Kier molecular flexibility index (Phi) is 10.0.